The molecule has 1 N–H and O–H groups in total. The molecule has 0 aliphatic carbocycles. The van der Waals surface area contributed by atoms with E-state index in [-0.39, 0.29) is 30.6 Å². The van der Waals surface area contributed by atoms with E-state index in [9.17, 15) is 4.39 Å². The molecule has 21 heavy (non-hydrogen) atoms. The molecule has 1 atom stereocenters. The molecule has 0 amide bonds. The average Bonchev–Trinajstić information content (AvgIpc) is 2.44. The van der Waals surface area contributed by atoms with Crippen molar-refractivity contribution in [2.24, 2.45) is 0 Å². The summed E-state index contributed by atoms with van der Waals surface area (Å²) in [6, 6.07) is 5.95. The van der Waals surface area contributed by atoms with Crippen molar-refractivity contribution in [1.82, 2.24) is 10.2 Å². The summed E-state index contributed by atoms with van der Waals surface area (Å²) in [4.78, 5) is 2.45. The Morgan fingerprint density at radius 3 is 2.57 bits per heavy atom. The predicted molar refractivity (Wildman–Crippen MR) is 92.2 cm³/mol. The second-order valence-corrected chi connectivity index (χ2v) is 5.18. The van der Waals surface area contributed by atoms with Gasteiger partial charge in [0.15, 0.2) is 0 Å². The van der Waals surface area contributed by atoms with E-state index < -0.39 is 0 Å². The number of nitrogens with one attached hydrogen (secondary N) is 1. The lowest BCUT2D eigenvalue weighted by Gasteiger charge is -2.35. The van der Waals surface area contributed by atoms with Crippen LogP contribution in [0, 0.1) is 12.7 Å². The van der Waals surface area contributed by atoms with Gasteiger partial charge in [-0.1, -0.05) is 18.2 Å². The summed E-state index contributed by atoms with van der Waals surface area (Å²) in [6.07, 6.45) is 3.91. The van der Waals surface area contributed by atoms with E-state index in [0.29, 0.717) is 11.6 Å². The SMILES string of the molecule is C=CCC[C@H](c1ccc(C)c(F)c1)N1CCNCC1.Cl.Cl. The van der Waals surface area contributed by atoms with Crippen molar-refractivity contribution >= 4 is 24.8 Å². The van der Waals surface area contributed by atoms with E-state index in [1.165, 1.54) is 0 Å². The molecule has 1 heterocycles. The Morgan fingerprint density at radius 2 is 2.00 bits per heavy atom. The summed E-state index contributed by atoms with van der Waals surface area (Å²) >= 11 is 0. The third-order valence-corrected chi connectivity index (χ3v) is 3.82. The zero-order valence-electron chi connectivity index (χ0n) is 12.5. The van der Waals surface area contributed by atoms with Crippen LogP contribution in [0.2, 0.25) is 0 Å². The fourth-order valence-electron chi connectivity index (χ4n) is 2.65. The molecule has 0 spiro atoms. The quantitative estimate of drug-likeness (QED) is 0.822. The Morgan fingerprint density at radius 1 is 1.33 bits per heavy atom. The van der Waals surface area contributed by atoms with Gasteiger partial charge in [-0.25, -0.2) is 4.39 Å². The minimum atomic E-state index is -0.101. The molecule has 120 valence electrons. The summed E-state index contributed by atoms with van der Waals surface area (Å²) < 4.78 is 13.8. The van der Waals surface area contributed by atoms with Gasteiger partial charge in [-0.05, 0) is 37.0 Å². The van der Waals surface area contributed by atoms with Crippen molar-refractivity contribution in [1.29, 1.82) is 0 Å². The third kappa shape index (κ3) is 5.59. The molecule has 1 aliphatic rings. The van der Waals surface area contributed by atoms with Crippen molar-refractivity contribution in [2.75, 3.05) is 26.2 Å². The molecule has 1 saturated heterocycles. The maximum atomic E-state index is 13.8. The van der Waals surface area contributed by atoms with Gasteiger partial charge in [-0.2, -0.15) is 0 Å². The molecule has 0 saturated carbocycles. The van der Waals surface area contributed by atoms with Crippen molar-refractivity contribution in [3.8, 4) is 0 Å². The number of aryl methyl sites for hydroxylation is 1. The molecule has 5 heteroatoms. The number of hydrogen-bond acceptors (Lipinski definition) is 2. The summed E-state index contributed by atoms with van der Waals surface area (Å²) in [6.45, 7) is 9.68. The Bertz CT molecular complexity index is 434. The smallest absolute Gasteiger partial charge is 0.126 e. The van der Waals surface area contributed by atoms with Gasteiger partial charge >= 0.3 is 0 Å². The van der Waals surface area contributed by atoms with Gasteiger partial charge in [-0.3, -0.25) is 4.90 Å². The van der Waals surface area contributed by atoms with Crippen molar-refractivity contribution in [3.05, 3.63) is 47.8 Å². The van der Waals surface area contributed by atoms with Crippen LogP contribution in [0.25, 0.3) is 0 Å². The van der Waals surface area contributed by atoms with Crippen LogP contribution in [-0.4, -0.2) is 31.1 Å². The van der Waals surface area contributed by atoms with Crippen LogP contribution < -0.4 is 5.32 Å². The normalized spacial score (nSPS) is 16.5. The molecule has 1 aliphatic heterocycles. The first-order chi connectivity index (χ1) is 9.22. The fourth-order valence-corrected chi connectivity index (χ4v) is 2.65. The highest BCUT2D eigenvalue weighted by Crippen LogP contribution is 2.27. The summed E-state index contributed by atoms with van der Waals surface area (Å²) in [5.74, 6) is -0.101. The van der Waals surface area contributed by atoms with Gasteiger partial charge < -0.3 is 5.32 Å². The van der Waals surface area contributed by atoms with Gasteiger partial charge in [0, 0.05) is 32.2 Å². The lowest BCUT2D eigenvalue weighted by molar-refractivity contribution is 0.166. The number of hydrogen-bond donors (Lipinski definition) is 1. The Hall–Kier alpha value is -0.610. The standard InChI is InChI=1S/C16H23FN2.2ClH/c1-3-4-5-16(19-10-8-18-9-11-19)14-7-6-13(2)15(17)12-14;;/h3,6-7,12,16,18H,1,4-5,8-11H2,2H3;2*1H/t16-;;/m1../s1. The first kappa shape index (κ1) is 20.4. The molecule has 0 unspecified atom stereocenters. The van der Waals surface area contributed by atoms with Crippen LogP contribution in [-0.2, 0) is 0 Å². The van der Waals surface area contributed by atoms with Crippen molar-refractivity contribution in [3.63, 3.8) is 0 Å². The van der Waals surface area contributed by atoms with Crippen molar-refractivity contribution < 1.29 is 4.39 Å². The average molecular weight is 335 g/mol. The first-order valence-corrected chi connectivity index (χ1v) is 7.04. The minimum Gasteiger partial charge on any atom is -0.314 e. The van der Waals surface area contributed by atoms with Crippen LogP contribution in [0.3, 0.4) is 0 Å². The predicted octanol–water partition coefficient (Wildman–Crippen LogP) is 3.89. The number of piperazine rings is 1. The lowest BCUT2D eigenvalue weighted by Crippen LogP contribution is -2.45. The largest absolute Gasteiger partial charge is 0.314 e. The maximum absolute atomic E-state index is 13.8. The second kappa shape index (κ2) is 10.2. The molecule has 0 aromatic heterocycles. The van der Waals surface area contributed by atoms with E-state index in [2.05, 4.69) is 22.9 Å². The fraction of sp³-hybridized carbons (Fsp3) is 0.500. The van der Waals surface area contributed by atoms with Crippen molar-refractivity contribution in [2.45, 2.75) is 25.8 Å². The molecule has 2 nitrogen and oxygen atoms in total. The Balaban J connectivity index is 0.00000200. The topological polar surface area (TPSA) is 15.3 Å². The number of nitrogens with zero attached hydrogens (tertiary/aromatic N) is 1. The summed E-state index contributed by atoms with van der Waals surface area (Å²) in [7, 11) is 0. The number of halogens is 3. The molecule has 1 aromatic carbocycles. The van der Waals surface area contributed by atoms with E-state index in [4.69, 9.17) is 0 Å². The van der Waals surface area contributed by atoms with E-state index in [0.717, 1.165) is 44.6 Å². The van der Waals surface area contributed by atoms with Crippen LogP contribution in [0.5, 0.6) is 0 Å². The highest BCUT2D eigenvalue weighted by atomic mass is 35.5. The van der Waals surface area contributed by atoms with Crippen LogP contribution in [0.4, 0.5) is 4.39 Å². The van der Waals surface area contributed by atoms with E-state index >= 15 is 0 Å². The Kier molecular flexibility index (Phi) is 9.88. The molecule has 1 fully saturated rings. The zero-order valence-corrected chi connectivity index (χ0v) is 14.1. The number of rotatable bonds is 5. The third-order valence-electron chi connectivity index (χ3n) is 3.82. The monoisotopic (exact) mass is 334 g/mol. The van der Waals surface area contributed by atoms with Gasteiger partial charge in [0.2, 0.25) is 0 Å². The summed E-state index contributed by atoms with van der Waals surface area (Å²) in [5, 5.41) is 3.36. The van der Waals surface area contributed by atoms with Gasteiger partial charge in [0.25, 0.3) is 0 Å². The molecule has 0 bridgehead atoms. The maximum Gasteiger partial charge on any atom is 0.126 e. The highest BCUT2D eigenvalue weighted by Gasteiger charge is 2.22. The number of allylic oxidation sites excluding steroid dienone is 1. The Labute approximate surface area is 139 Å². The molecular weight excluding hydrogens is 310 g/mol. The van der Waals surface area contributed by atoms with Gasteiger partial charge in [-0.15, -0.1) is 31.4 Å². The van der Waals surface area contributed by atoms with Crippen LogP contribution in [0.1, 0.15) is 30.0 Å². The summed E-state index contributed by atoms with van der Waals surface area (Å²) in [5.41, 5.74) is 1.80. The lowest BCUT2D eigenvalue weighted by atomic mass is 9.98. The highest BCUT2D eigenvalue weighted by molar-refractivity contribution is 5.85. The minimum absolute atomic E-state index is 0. The van der Waals surface area contributed by atoms with Crippen LogP contribution in [0.15, 0.2) is 30.9 Å². The van der Waals surface area contributed by atoms with Gasteiger partial charge in [0.05, 0.1) is 0 Å². The van der Waals surface area contributed by atoms with E-state index in [1.54, 1.807) is 6.07 Å². The van der Waals surface area contributed by atoms with Gasteiger partial charge in [0.1, 0.15) is 5.82 Å². The van der Waals surface area contributed by atoms with Crippen LogP contribution >= 0.6 is 24.8 Å². The molecule has 2 rings (SSSR count). The molecule has 0 radical (unpaired) electrons. The van der Waals surface area contributed by atoms with E-state index in [1.807, 2.05) is 19.1 Å². The first-order valence-electron chi connectivity index (χ1n) is 7.04. The molecular formula is C16H25Cl2FN2. The molecule has 1 aromatic rings. The number of benzene rings is 1. The zero-order chi connectivity index (χ0) is 13.7. The second-order valence-electron chi connectivity index (χ2n) is 5.18.